The molecule has 2 aliphatic rings. The maximum atomic E-state index is 11.3. The molecule has 82 valence electrons. The molecule has 0 aromatic rings. The van der Waals surface area contributed by atoms with E-state index in [1.165, 1.54) is 0 Å². The molecule has 2 atom stereocenters. The predicted octanol–water partition coefficient (Wildman–Crippen LogP) is -0.173. The van der Waals surface area contributed by atoms with Crippen LogP contribution in [0.4, 0.5) is 4.79 Å². The molecule has 0 aromatic heterocycles. The van der Waals surface area contributed by atoms with E-state index in [-0.39, 0.29) is 12.1 Å². The summed E-state index contributed by atoms with van der Waals surface area (Å²) in [5.74, 6) is 0. The maximum absolute atomic E-state index is 11.3. The number of urea groups is 1. The zero-order valence-electron chi connectivity index (χ0n) is 8.32. The molecular formula is C9H13ClN4O. The lowest BCUT2D eigenvalue weighted by molar-refractivity contribution is 0.123. The largest absolute Gasteiger partial charge is 0.336 e. The van der Waals surface area contributed by atoms with E-state index < -0.39 is 5.38 Å². The van der Waals surface area contributed by atoms with Crippen LogP contribution in [0.1, 0.15) is 0 Å². The van der Waals surface area contributed by atoms with Gasteiger partial charge in [-0.2, -0.15) is 5.26 Å². The van der Waals surface area contributed by atoms with Crippen LogP contribution in [-0.2, 0) is 0 Å². The summed E-state index contributed by atoms with van der Waals surface area (Å²) in [6.45, 7) is 3.62. The Morgan fingerprint density at radius 1 is 1.67 bits per heavy atom. The molecule has 0 spiro atoms. The number of alkyl halides is 1. The van der Waals surface area contributed by atoms with Gasteiger partial charge in [0.2, 0.25) is 0 Å². The number of carbonyl (C=O) groups excluding carboxylic acids is 1. The molecule has 2 saturated heterocycles. The molecule has 0 aliphatic carbocycles. The molecule has 1 N–H and O–H groups in total. The molecule has 5 nitrogen and oxygen atoms in total. The molecular weight excluding hydrogens is 216 g/mol. The van der Waals surface area contributed by atoms with Crippen LogP contribution in [0.5, 0.6) is 0 Å². The molecule has 15 heavy (non-hydrogen) atoms. The quantitative estimate of drug-likeness (QED) is 0.668. The molecule has 2 unspecified atom stereocenters. The van der Waals surface area contributed by atoms with Gasteiger partial charge in [-0.3, -0.25) is 4.90 Å². The summed E-state index contributed by atoms with van der Waals surface area (Å²) in [7, 11) is 0. The van der Waals surface area contributed by atoms with Crippen LogP contribution in [0.3, 0.4) is 0 Å². The first-order valence-electron chi connectivity index (χ1n) is 5.01. The van der Waals surface area contributed by atoms with Gasteiger partial charge in [0, 0.05) is 32.7 Å². The van der Waals surface area contributed by atoms with Gasteiger partial charge in [-0.25, -0.2) is 4.79 Å². The van der Waals surface area contributed by atoms with E-state index in [9.17, 15) is 4.79 Å². The van der Waals surface area contributed by atoms with Crippen LogP contribution >= 0.6 is 11.6 Å². The van der Waals surface area contributed by atoms with Crippen LogP contribution in [0.15, 0.2) is 0 Å². The van der Waals surface area contributed by atoms with Gasteiger partial charge in [-0.1, -0.05) is 0 Å². The minimum Gasteiger partial charge on any atom is -0.336 e. The third kappa shape index (κ3) is 2.16. The van der Waals surface area contributed by atoms with Crippen molar-refractivity contribution in [3.63, 3.8) is 0 Å². The molecule has 2 amide bonds. The Bertz CT molecular complexity index is 303. The second-order valence-electron chi connectivity index (χ2n) is 3.89. The Morgan fingerprint density at radius 2 is 2.47 bits per heavy atom. The van der Waals surface area contributed by atoms with Gasteiger partial charge in [0.25, 0.3) is 0 Å². The number of rotatable bonds is 2. The Kier molecular flexibility index (Phi) is 2.98. The first-order chi connectivity index (χ1) is 7.20. The first kappa shape index (κ1) is 10.5. The fourth-order valence-electron chi connectivity index (χ4n) is 2.10. The third-order valence-corrected chi connectivity index (χ3v) is 3.11. The van der Waals surface area contributed by atoms with Crippen LogP contribution in [0.25, 0.3) is 0 Å². The number of nitrogens with zero attached hydrogens (tertiary/aromatic N) is 3. The van der Waals surface area contributed by atoms with E-state index in [4.69, 9.17) is 16.9 Å². The van der Waals surface area contributed by atoms with Crippen LogP contribution in [0.2, 0.25) is 0 Å². The average Bonchev–Trinajstić information content (AvgIpc) is 2.60. The van der Waals surface area contributed by atoms with E-state index in [1.807, 2.05) is 11.0 Å². The monoisotopic (exact) mass is 228 g/mol. The molecule has 2 fully saturated rings. The Balaban J connectivity index is 1.88. The summed E-state index contributed by atoms with van der Waals surface area (Å²) in [5, 5.41) is 11.0. The van der Waals surface area contributed by atoms with Crippen molar-refractivity contribution < 1.29 is 4.79 Å². The minimum atomic E-state index is -0.457. The van der Waals surface area contributed by atoms with Gasteiger partial charge < -0.3 is 10.2 Å². The lowest BCUT2D eigenvalue weighted by Crippen LogP contribution is -2.53. The van der Waals surface area contributed by atoms with E-state index in [1.54, 1.807) is 0 Å². The fourth-order valence-corrected chi connectivity index (χ4v) is 2.30. The Hall–Kier alpha value is -0.990. The standard InChI is InChI=1S/C9H13ClN4O/c10-7(3-11)5-13-1-2-14-8(6-13)4-12-9(14)15/h7-8H,1-2,4-6H2,(H,12,15). The normalized spacial score (nSPS) is 28.1. The number of nitriles is 1. The van der Waals surface area contributed by atoms with Crippen molar-refractivity contribution in [2.75, 3.05) is 32.7 Å². The zero-order chi connectivity index (χ0) is 10.8. The zero-order valence-corrected chi connectivity index (χ0v) is 9.07. The summed E-state index contributed by atoms with van der Waals surface area (Å²) >= 11 is 5.77. The first-order valence-corrected chi connectivity index (χ1v) is 5.45. The van der Waals surface area contributed by atoms with Gasteiger partial charge in [0.1, 0.15) is 5.38 Å². The van der Waals surface area contributed by atoms with Gasteiger partial charge in [-0.05, 0) is 0 Å². The predicted molar refractivity (Wildman–Crippen MR) is 55.6 cm³/mol. The number of halogens is 1. The highest BCUT2D eigenvalue weighted by molar-refractivity contribution is 6.22. The summed E-state index contributed by atoms with van der Waals surface area (Å²) in [6, 6.07) is 2.28. The number of fused-ring (bicyclic) bond motifs is 1. The molecule has 2 aliphatic heterocycles. The Morgan fingerprint density at radius 3 is 3.20 bits per heavy atom. The van der Waals surface area contributed by atoms with Crippen molar-refractivity contribution in [3.8, 4) is 6.07 Å². The van der Waals surface area contributed by atoms with Gasteiger partial charge in [0.15, 0.2) is 0 Å². The number of amides is 2. The smallest absolute Gasteiger partial charge is 0.317 e. The molecule has 2 rings (SSSR count). The molecule has 0 bridgehead atoms. The molecule has 0 saturated carbocycles. The minimum absolute atomic E-state index is 0.0300. The van der Waals surface area contributed by atoms with E-state index in [0.717, 1.165) is 19.6 Å². The van der Waals surface area contributed by atoms with Gasteiger partial charge >= 0.3 is 6.03 Å². The molecule has 6 heteroatoms. The van der Waals surface area contributed by atoms with Crippen LogP contribution in [0, 0.1) is 11.3 Å². The van der Waals surface area contributed by atoms with E-state index in [0.29, 0.717) is 13.1 Å². The summed E-state index contributed by atoms with van der Waals surface area (Å²) < 4.78 is 0. The summed E-state index contributed by atoms with van der Waals surface area (Å²) in [5.41, 5.74) is 0. The highest BCUT2D eigenvalue weighted by atomic mass is 35.5. The second-order valence-corrected chi connectivity index (χ2v) is 4.42. The maximum Gasteiger partial charge on any atom is 0.317 e. The summed E-state index contributed by atoms with van der Waals surface area (Å²) in [6.07, 6.45) is 0. The topological polar surface area (TPSA) is 59.4 Å². The number of carbonyl (C=O) groups is 1. The third-order valence-electron chi connectivity index (χ3n) is 2.88. The fraction of sp³-hybridized carbons (Fsp3) is 0.778. The van der Waals surface area contributed by atoms with Crippen molar-refractivity contribution in [1.82, 2.24) is 15.1 Å². The number of piperazine rings is 1. The van der Waals surface area contributed by atoms with E-state index in [2.05, 4.69) is 10.2 Å². The number of nitrogens with one attached hydrogen (secondary N) is 1. The second kappa shape index (κ2) is 4.25. The van der Waals surface area contributed by atoms with Crippen molar-refractivity contribution >= 4 is 17.6 Å². The van der Waals surface area contributed by atoms with Crippen molar-refractivity contribution in [2.45, 2.75) is 11.4 Å². The van der Waals surface area contributed by atoms with Crippen molar-refractivity contribution in [3.05, 3.63) is 0 Å². The SMILES string of the molecule is N#CC(Cl)CN1CCN2C(=O)NCC2C1. The highest BCUT2D eigenvalue weighted by Gasteiger charge is 2.35. The Labute approximate surface area is 93.6 Å². The molecule has 0 aromatic carbocycles. The summed E-state index contributed by atoms with van der Waals surface area (Å²) in [4.78, 5) is 15.3. The molecule has 2 heterocycles. The highest BCUT2D eigenvalue weighted by Crippen LogP contribution is 2.14. The lowest BCUT2D eigenvalue weighted by atomic mass is 10.2. The lowest BCUT2D eigenvalue weighted by Gasteiger charge is -2.36. The van der Waals surface area contributed by atoms with Gasteiger partial charge in [0.05, 0.1) is 12.1 Å². The van der Waals surface area contributed by atoms with Gasteiger partial charge in [-0.15, -0.1) is 11.6 Å². The van der Waals surface area contributed by atoms with Crippen molar-refractivity contribution in [2.24, 2.45) is 0 Å². The van der Waals surface area contributed by atoms with E-state index >= 15 is 0 Å². The average molecular weight is 229 g/mol. The number of hydrogen-bond donors (Lipinski definition) is 1. The molecule has 0 radical (unpaired) electrons. The van der Waals surface area contributed by atoms with Crippen molar-refractivity contribution in [1.29, 1.82) is 5.26 Å². The number of hydrogen-bond acceptors (Lipinski definition) is 3. The van der Waals surface area contributed by atoms with Crippen LogP contribution in [-0.4, -0.2) is 60.0 Å². The van der Waals surface area contributed by atoms with Crippen LogP contribution < -0.4 is 5.32 Å².